The normalized spacial score (nSPS) is 11.3. The summed E-state index contributed by atoms with van der Waals surface area (Å²) in [5.41, 5.74) is 0.964. The number of halogens is 2. The van der Waals surface area contributed by atoms with Crippen LogP contribution in [0.25, 0.3) is 0 Å². The van der Waals surface area contributed by atoms with E-state index in [1.54, 1.807) is 37.3 Å². The smallest absolute Gasteiger partial charge is 0.150 e. The molecule has 0 radical (unpaired) electrons. The van der Waals surface area contributed by atoms with Gasteiger partial charge in [0.05, 0.1) is 23.3 Å². The summed E-state index contributed by atoms with van der Waals surface area (Å²) >= 11 is 0. The van der Waals surface area contributed by atoms with Crippen LogP contribution in [-0.4, -0.2) is 0 Å². The van der Waals surface area contributed by atoms with Crippen LogP contribution in [0, 0.1) is 34.3 Å². The van der Waals surface area contributed by atoms with Crippen molar-refractivity contribution in [2.45, 2.75) is 13.0 Å². The van der Waals surface area contributed by atoms with Crippen molar-refractivity contribution < 1.29 is 8.78 Å². The Kier molecular flexibility index (Phi) is 4.15. The second-order valence-corrected chi connectivity index (χ2v) is 4.53. The van der Waals surface area contributed by atoms with Crippen molar-refractivity contribution in [1.82, 2.24) is 0 Å². The molecule has 0 bridgehead atoms. The number of benzene rings is 2. The van der Waals surface area contributed by atoms with Gasteiger partial charge in [0, 0.05) is 6.04 Å². The third-order valence-corrected chi connectivity index (χ3v) is 3.07. The van der Waals surface area contributed by atoms with E-state index in [9.17, 15) is 8.78 Å². The van der Waals surface area contributed by atoms with Gasteiger partial charge in [0.25, 0.3) is 0 Å². The topological polar surface area (TPSA) is 59.6 Å². The molecular weight excluding hydrogens is 272 g/mol. The van der Waals surface area contributed by atoms with E-state index in [1.165, 1.54) is 0 Å². The Labute approximate surface area is 121 Å². The van der Waals surface area contributed by atoms with Gasteiger partial charge in [-0.3, -0.25) is 0 Å². The van der Waals surface area contributed by atoms with Crippen molar-refractivity contribution in [3.8, 4) is 12.1 Å². The van der Waals surface area contributed by atoms with Gasteiger partial charge in [0.1, 0.15) is 5.69 Å². The summed E-state index contributed by atoms with van der Waals surface area (Å²) in [5.74, 6) is -1.63. The maximum atomic E-state index is 13.8. The fourth-order valence-electron chi connectivity index (χ4n) is 1.92. The molecule has 0 aliphatic carbocycles. The average molecular weight is 283 g/mol. The highest BCUT2D eigenvalue weighted by Gasteiger charge is 2.14. The quantitative estimate of drug-likeness (QED) is 0.929. The molecule has 0 saturated heterocycles. The van der Waals surface area contributed by atoms with Crippen LogP contribution in [0.1, 0.15) is 29.7 Å². The summed E-state index contributed by atoms with van der Waals surface area (Å²) in [4.78, 5) is 0. The van der Waals surface area contributed by atoms with Crippen molar-refractivity contribution in [3.05, 3.63) is 64.7 Å². The molecule has 2 aromatic rings. The number of nitrogens with zero attached hydrogens (tertiary/aromatic N) is 2. The Hall–Kier alpha value is -2.92. The second-order valence-electron chi connectivity index (χ2n) is 4.53. The molecule has 1 atom stereocenters. The van der Waals surface area contributed by atoms with Gasteiger partial charge in [-0.2, -0.15) is 10.5 Å². The van der Waals surface area contributed by atoms with Crippen LogP contribution < -0.4 is 5.32 Å². The highest BCUT2D eigenvalue weighted by Crippen LogP contribution is 2.25. The van der Waals surface area contributed by atoms with Gasteiger partial charge in [-0.25, -0.2) is 8.78 Å². The lowest BCUT2D eigenvalue weighted by Gasteiger charge is -2.17. The van der Waals surface area contributed by atoms with E-state index in [1.807, 2.05) is 6.07 Å². The van der Waals surface area contributed by atoms with Gasteiger partial charge in [-0.15, -0.1) is 0 Å². The summed E-state index contributed by atoms with van der Waals surface area (Å²) in [6.07, 6.45) is 0. The minimum Gasteiger partial charge on any atom is -0.374 e. The van der Waals surface area contributed by atoms with Gasteiger partial charge in [-0.1, -0.05) is 12.1 Å². The highest BCUT2D eigenvalue weighted by atomic mass is 19.1. The van der Waals surface area contributed by atoms with E-state index < -0.39 is 11.6 Å². The van der Waals surface area contributed by atoms with Gasteiger partial charge in [0.15, 0.2) is 11.6 Å². The van der Waals surface area contributed by atoms with Crippen molar-refractivity contribution in [3.63, 3.8) is 0 Å². The first-order valence-electron chi connectivity index (χ1n) is 6.21. The fourth-order valence-corrected chi connectivity index (χ4v) is 1.92. The maximum absolute atomic E-state index is 13.8. The van der Waals surface area contributed by atoms with Crippen LogP contribution in [0.2, 0.25) is 0 Å². The number of anilines is 1. The molecule has 2 aromatic carbocycles. The Bertz CT molecular complexity index is 717. The summed E-state index contributed by atoms with van der Waals surface area (Å²) in [7, 11) is 0. The van der Waals surface area contributed by atoms with Crippen LogP contribution in [0.15, 0.2) is 36.4 Å². The number of nitrogens with one attached hydrogen (secondary N) is 1. The molecule has 0 aromatic heterocycles. The largest absolute Gasteiger partial charge is 0.374 e. The Balaban J connectivity index is 2.25. The molecule has 0 heterocycles. The number of nitriles is 2. The minimum atomic E-state index is -0.813. The Morgan fingerprint density at radius 2 is 1.48 bits per heavy atom. The number of hydrogen-bond donors (Lipinski definition) is 1. The van der Waals surface area contributed by atoms with Crippen LogP contribution in [0.5, 0.6) is 0 Å². The van der Waals surface area contributed by atoms with E-state index in [2.05, 4.69) is 5.32 Å². The average Bonchev–Trinajstić information content (AvgIpc) is 2.50. The molecule has 2 rings (SSSR count). The third kappa shape index (κ3) is 3.16. The van der Waals surface area contributed by atoms with Crippen LogP contribution >= 0.6 is 0 Å². The SMILES string of the molecule is CC(Nc1c(F)cc(C#N)cc1F)c1ccc(C#N)cc1. The van der Waals surface area contributed by atoms with Crippen LogP contribution in [-0.2, 0) is 0 Å². The molecule has 0 spiro atoms. The van der Waals surface area contributed by atoms with Crippen molar-refractivity contribution in [2.24, 2.45) is 0 Å². The second kappa shape index (κ2) is 6.02. The number of rotatable bonds is 3. The van der Waals surface area contributed by atoms with E-state index >= 15 is 0 Å². The third-order valence-electron chi connectivity index (χ3n) is 3.07. The number of hydrogen-bond acceptors (Lipinski definition) is 3. The monoisotopic (exact) mass is 283 g/mol. The molecular formula is C16H11F2N3. The lowest BCUT2D eigenvalue weighted by molar-refractivity contribution is 0.584. The zero-order valence-corrected chi connectivity index (χ0v) is 11.2. The van der Waals surface area contributed by atoms with Gasteiger partial charge < -0.3 is 5.32 Å². The predicted molar refractivity (Wildman–Crippen MR) is 74.3 cm³/mol. The standard InChI is InChI=1S/C16H11F2N3/c1-10(13-4-2-11(8-19)3-5-13)21-16-14(17)6-12(9-20)7-15(16)18/h2-7,10,21H,1H3. The molecule has 1 unspecified atom stereocenters. The Morgan fingerprint density at radius 3 is 1.95 bits per heavy atom. The first-order valence-corrected chi connectivity index (χ1v) is 6.21. The molecule has 0 saturated carbocycles. The lowest BCUT2D eigenvalue weighted by Crippen LogP contribution is -2.10. The van der Waals surface area contributed by atoms with Crippen LogP contribution in [0.4, 0.5) is 14.5 Å². The first kappa shape index (κ1) is 14.5. The Morgan fingerprint density at radius 1 is 0.952 bits per heavy atom. The maximum Gasteiger partial charge on any atom is 0.150 e. The molecule has 0 aliphatic heterocycles. The van der Waals surface area contributed by atoms with E-state index in [4.69, 9.17) is 10.5 Å². The van der Waals surface area contributed by atoms with E-state index in [0.717, 1.165) is 17.7 Å². The van der Waals surface area contributed by atoms with E-state index in [-0.39, 0.29) is 17.3 Å². The van der Waals surface area contributed by atoms with Gasteiger partial charge in [-0.05, 0) is 36.8 Å². The zero-order chi connectivity index (χ0) is 15.4. The van der Waals surface area contributed by atoms with Crippen LogP contribution in [0.3, 0.4) is 0 Å². The molecule has 0 amide bonds. The van der Waals surface area contributed by atoms with Crippen molar-refractivity contribution >= 4 is 5.69 Å². The molecule has 5 heteroatoms. The molecule has 3 nitrogen and oxygen atoms in total. The molecule has 0 aliphatic rings. The summed E-state index contributed by atoms with van der Waals surface area (Å²) < 4.78 is 27.6. The highest BCUT2D eigenvalue weighted by molar-refractivity contribution is 5.52. The van der Waals surface area contributed by atoms with Crippen molar-refractivity contribution in [1.29, 1.82) is 10.5 Å². The molecule has 1 N–H and O–H groups in total. The zero-order valence-electron chi connectivity index (χ0n) is 11.2. The predicted octanol–water partition coefficient (Wildman–Crippen LogP) is 3.88. The summed E-state index contributed by atoms with van der Waals surface area (Å²) in [6.45, 7) is 1.75. The van der Waals surface area contributed by atoms with Crippen molar-refractivity contribution in [2.75, 3.05) is 5.32 Å². The van der Waals surface area contributed by atoms with E-state index in [0.29, 0.717) is 5.56 Å². The molecule has 21 heavy (non-hydrogen) atoms. The fraction of sp³-hybridized carbons (Fsp3) is 0.125. The minimum absolute atomic E-state index is 0.0680. The first-order chi connectivity index (χ1) is 10.0. The lowest BCUT2D eigenvalue weighted by atomic mass is 10.1. The summed E-state index contributed by atoms with van der Waals surface area (Å²) in [6, 6.07) is 12.0. The summed E-state index contributed by atoms with van der Waals surface area (Å²) in [5, 5.41) is 20.1. The molecule has 0 fully saturated rings. The van der Waals surface area contributed by atoms with Gasteiger partial charge in [0.2, 0.25) is 0 Å². The molecule has 104 valence electrons. The van der Waals surface area contributed by atoms with Gasteiger partial charge >= 0.3 is 0 Å².